The van der Waals surface area contributed by atoms with Gasteiger partial charge < -0.3 is 14.9 Å². The molecular weight excluding hydrogens is 375 g/mol. The molecule has 1 heterocycles. The molecule has 0 spiro atoms. The van der Waals surface area contributed by atoms with E-state index in [1.54, 1.807) is 30.6 Å². The van der Waals surface area contributed by atoms with E-state index in [1.165, 1.54) is 0 Å². The van der Waals surface area contributed by atoms with E-state index in [0.717, 1.165) is 5.56 Å². The lowest BCUT2D eigenvalue weighted by Crippen LogP contribution is -2.24. The highest BCUT2D eigenvalue weighted by Crippen LogP contribution is 2.52. The van der Waals surface area contributed by atoms with E-state index in [9.17, 15) is 19.5 Å². The summed E-state index contributed by atoms with van der Waals surface area (Å²) < 4.78 is 12.3. The van der Waals surface area contributed by atoms with E-state index < -0.39 is 13.4 Å². The number of rotatable bonds is 5. The van der Waals surface area contributed by atoms with Gasteiger partial charge in [0.25, 0.3) is 0 Å². The lowest BCUT2D eigenvalue weighted by atomic mass is 9.78. The second-order valence-electron chi connectivity index (χ2n) is 9.20. The summed E-state index contributed by atoms with van der Waals surface area (Å²) in [5.41, 5.74) is 1.84. The van der Waals surface area contributed by atoms with Crippen LogP contribution in [-0.2, 0) is 21.9 Å². The van der Waals surface area contributed by atoms with Gasteiger partial charge in [-0.05, 0) is 51.3 Å². The minimum absolute atomic E-state index is 0.181. The zero-order valence-electron chi connectivity index (χ0n) is 17.4. The molecule has 0 aliphatic carbocycles. The first kappa shape index (κ1) is 22.6. The molecule has 2 aromatic rings. The summed E-state index contributed by atoms with van der Waals surface area (Å²) >= 11 is 0. The van der Waals surface area contributed by atoms with E-state index in [0.29, 0.717) is 16.7 Å². The molecule has 0 aliphatic rings. The molecule has 0 fully saturated rings. The highest BCUT2D eigenvalue weighted by Gasteiger charge is 2.34. The van der Waals surface area contributed by atoms with Crippen LogP contribution in [0.25, 0.3) is 0 Å². The normalized spacial score (nSPS) is 14.1. The number of nitrogens with one attached hydrogen (secondary N) is 1. The maximum Gasteiger partial charge on any atom is 0.346 e. The van der Waals surface area contributed by atoms with Crippen LogP contribution >= 0.6 is 7.60 Å². The first-order valence-corrected chi connectivity index (χ1v) is 10.9. The molecule has 0 saturated heterocycles. The molecule has 0 radical (unpaired) electrons. The molecule has 0 aliphatic heterocycles. The maximum absolute atomic E-state index is 12.3. The maximum atomic E-state index is 12.3. The molecule has 7 heteroatoms. The molecule has 1 unspecified atom stereocenters. The Hall–Kier alpha value is -1.72. The molecular formula is C21H31N2O4P. The van der Waals surface area contributed by atoms with Crippen molar-refractivity contribution in [2.45, 2.75) is 64.7 Å². The van der Waals surface area contributed by atoms with Gasteiger partial charge in [-0.2, -0.15) is 0 Å². The Morgan fingerprint density at radius 3 is 2.00 bits per heavy atom. The predicted octanol–water partition coefficient (Wildman–Crippen LogP) is 4.35. The number of benzene rings is 1. The van der Waals surface area contributed by atoms with Crippen LogP contribution in [0, 0.1) is 0 Å². The van der Waals surface area contributed by atoms with Gasteiger partial charge in [-0.25, -0.2) is 0 Å². The highest BCUT2D eigenvalue weighted by atomic mass is 31.2. The van der Waals surface area contributed by atoms with E-state index in [4.69, 9.17) is 0 Å². The molecule has 1 aromatic carbocycles. The smallest absolute Gasteiger partial charge is 0.346 e. The number of nitrogens with zero attached hydrogens (tertiary/aromatic N) is 1. The van der Waals surface area contributed by atoms with Crippen molar-refractivity contribution in [3.8, 4) is 5.75 Å². The first-order valence-electron chi connectivity index (χ1n) is 9.26. The van der Waals surface area contributed by atoms with Crippen LogP contribution in [0.1, 0.15) is 69.6 Å². The third-order valence-corrected chi connectivity index (χ3v) is 5.78. The Bertz CT molecular complexity index is 829. The predicted molar refractivity (Wildman–Crippen MR) is 111 cm³/mol. The Kier molecular flexibility index (Phi) is 6.41. The SMILES string of the molecule is CC(C)(C)c1cc(C(NCc2cccnc2)P(=O)(O)O)cc(C(C)(C)C)c1O. The van der Waals surface area contributed by atoms with Crippen LogP contribution in [0.4, 0.5) is 0 Å². The van der Waals surface area contributed by atoms with Gasteiger partial charge in [-0.3, -0.25) is 14.9 Å². The molecule has 0 bridgehead atoms. The van der Waals surface area contributed by atoms with Gasteiger partial charge in [0.1, 0.15) is 11.5 Å². The summed E-state index contributed by atoms with van der Waals surface area (Å²) in [5.74, 6) is -1.00. The number of hydrogen-bond donors (Lipinski definition) is 4. The van der Waals surface area contributed by atoms with Crippen molar-refractivity contribution in [1.82, 2.24) is 10.3 Å². The number of pyridine rings is 1. The van der Waals surface area contributed by atoms with Crippen LogP contribution in [0.2, 0.25) is 0 Å². The highest BCUT2D eigenvalue weighted by molar-refractivity contribution is 7.52. The van der Waals surface area contributed by atoms with Crippen molar-refractivity contribution >= 4 is 7.60 Å². The van der Waals surface area contributed by atoms with E-state index in [2.05, 4.69) is 10.3 Å². The van der Waals surface area contributed by atoms with Crippen molar-refractivity contribution in [3.63, 3.8) is 0 Å². The zero-order chi connectivity index (χ0) is 21.3. The fourth-order valence-electron chi connectivity index (χ4n) is 3.11. The minimum Gasteiger partial charge on any atom is -0.507 e. The van der Waals surface area contributed by atoms with Gasteiger partial charge in [0.15, 0.2) is 0 Å². The number of hydrogen-bond acceptors (Lipinski definition) is 4. The summed E-state index contributed by atoms with van der Waals surface area (Å²) in [6.45, 7) is 12.1. The molecule has 4 N–H and O–H groups in total. The quantitative estimate of drug-likeness (QED) is 0.551. The topological polar surface area (TPSA) is 103 Å². The van der Waals surface area contributed by atoms with Gasteiger partial charge in [-0.1, -0.05) is 47.6 Å². The number of phenols is 1. The van der Waals surface area contributed by atoms with Gasteiger partial charge in [0, 0.05) is 18.9 Å². The molecule has 2 rings (SSSR count). The van der Waals surface area contributed by atoms with Gasteiger partial charge >= 0.3 is 7.60 Å². The van der Waals surface area contributed by atoms with E-state index >= 15 is 0 Å². The summed E-state index contributed by atoms with van der Waals surface area (Å²) in [6.07, 6.45) is 3.30. The standard InChI is InChI=1S/C21H31N2O4P/c1-20(2,3)16-10-15(11-17(18(16)24)21(4,5)6)19(28(25,26)27)23-13-14-8-7-9-22-12-14/h7-12,19,23-24H,13H2,1-6H3,(H2,25,26,27). The molecule has 6 nitrogen and oxygen atoms in total. The summed E-state index contributed by atoms with van der Waals surface area (Å²) in [5, 5.41) is 13.8. The van der Waals surface area contributed by atoms with Crippen molar-refractivity contribution < 1.29 is 19.5 Å². The number of aromatic nitrogens is 1. The third kappa shape index (κ3) is 5.42. The van der Waals surface area contributed by atoms with Crippen LogP contribution < -0.4 is 5.32 Å². The van der Waals surface area contributed by atoms with E-state index in [1.807, 2.05) is 47.6 Å². The van der Waals surface area contributed by atoms with Gasteiger partial charge in [0.05, 0.1) is 0 Å². The van der Waals surface area contributed by atoms with Crippen LogP contribution in [0.5, 0.6) is 5.75 Å². The van der Waals surface area contributed by atoms with Crippen LogP contribution in [0.3, 0.4) is 0 Å². The van der Waals surface area contributed by atoms with Crippen molar-refractivity contribution in [2.75, 3.05) is 0 Å². The largest absolute Gasteiger partial charge is 0.507 e. The van der Waals surface area contributed by atoms with Crippen LogP contribution in [-0.4, -0.2) is 19.9 Å². The molecule has 1 aromatic heterocycles. The summed E-state index contributed by atoms with van der Waals surface area (Å²) in [7, 11) is -4.51. The Labute approximate surface area is 167 Å². The molecule has 0 amide bonds. The molecule has 0 saturated carbocycles. The Morgan fingerprint density at radius 2 is 1.61 bits per heavy atom. The second kappa shape index (κ2) is 7.96. The minimum atomic E-state index is -4.51. The molecule has 1 atom stereocenters. The monoisotopic (exact) mass is 406 g/mol. The molecule has 28 heavy (non-hydrogen) atoms. The van der Waals surface area contributed by atoms with Crippen molar-refractivity contribution in [3.05, 3.63) is 58.9 Å². The lowest BCUT2D eigenvalue weighted by Gasteiger charge is -2.30. The van der Waals surface area contributed by atoms with Gasteiger partial charge in [0.2, 0.25) is 0 Å². The van der Waals surface area contributed by atoms with Crippen LogP contribution in [0.15, 0.2) is 36.7 Å². The second-order valence-corrected chi connectivity index (χ2v) is 10.9. The van der Waals surface area contributed by atoms with E-state index in [-0.39, 0.29) is 23.1 Å². The Morgan fingerprint density at radius 1 is 1.07 bits per heavy atom. The number of phenolic OH excluding ortho intramolecular Hbond substituents is 1. The van der Waals surface area contributed by atoms with Crippen molar-refractivity contribution in [1.29, 1.82) is 0 Å². The fourth-order valence-corrected chi connectivity index (χ4v) is 3.97. The van der Waals surface area contributed by atoms with Crippen molar-refractivity contribution in [2.24, 2.45) is 0 Å². The summed E-state index contributed by atoms with van der Waals surface area (Å²) in [6, 6.07) is 7.02. The molecule has 154 valence electrons. The first-order chi connectivity index (χ1) is 12.7. The average Bonchev–Trinajstić information content (AvgIpc) is 2.53. The number of aromatic hydroxyl groups is 1. The zero-order valence-corrected chi connectivity index (χ0v) is 18.3. The average molecular weight is 406 g/mol. The third-order valence-electron chi connectivity index (χ3n) is 4.62. The summed E-state index contributed by atoms with van der Waals surface area (Å²) in [4.78, 5) is 24.1. The Balaban J connectivity index is 2.57. The fraction of sp³-hybridized carbons (Fsp3) is 0.476. The lowest BCUT2D eigenvalue weighted by molar-refractivity contribution is 0.346. The van der Waals surface area contributed by atoms with Gasteiger partial charge in [-0.15, -0.1) is 0 Å².